The van der Waals surface area contributed by atoms with E-state index in [9.17, 15) is 9.90 Å². The number of hydrogen-bond acceptors (Lipinski definition) is 4. The zero-order valence-corrected chi connectivity index (χ0v) is 21.9. The third-order valence-corrected chi connectivity index (χ3v) is 8.73. The van der Waals surface area contributed by atoms with Gasteiger partial charge in [0.15, 0.2) is 0 Å². The number of hydrogen-bond donors (Lipinski definition) is 2. The zero-order chi connectivity index (χ0) is 26.1. The Bertz CT molecular complexity index is 1340. The minimum atomic E-state index is -0.727. The molecule has 2 N–H and O–H groups in total. The van der Waals surface area contributed by atoms with E-state index in [-0.39, 0.29) is 6.54 Å². The van der Waals surface area contributed by atoms with Crippen LogP contribution in [-0.4, -0.2) is 53.8 Å². The van der Waals surface area contributed by atoms with E-state index in [1.165, 1.54) is 45.5 Å². The highest BCUT2D eigenvalue weighted by Crippen LogP contribution is 2.44. The molecule has 0 aromatic heterocycles. The molecule has 0 unspecified atom stereocenters. The third-order valence-electron chi connectivity index (χ3n) is 8.73. The number of allylic oxidation sites excluding steroid dienone is 1. The van der Waals surface area contributed by atoms with E-state index in [2.05, 4.69) is 70.5 Å². The van der Waals surface area contributed by atoms with Crippen LogP contribution in [0.5, 0.6) is 5.75 Å². The van der Waals surface area contributed by atoms with E-state index in [4.69, 9.17) is 5.11 Å². The van der Waals surface area contributed by atoms with Crippen molar-refractivity contribution in [2.75, 3.05) is 37.6 Å². The summed E-state index contributed by atoms with van der Waals surface area (Å²) in [6.45, 7) is 4.02. The number of rotatable bonds is 5. The summed E-state index contributed by atoms with van der Waals surface area (Å²) >= 11 is 0. The van der Waals surface area contributed by atoms with Gasteiger partial charge in [-0.3, -0.25) is 9.69 Å². The second kappa shape index (κ2) is 10.3. The molecular weight excluding hydrogens is 472 g/mol. The average molecular weight is 509 g/mol. The second-order valence-electron chi connectivity index (χ2n) is 11.3. The highest BCUT2D eigenvalue weighted by atomic mass is 16.4. The molecule has 5 heteroatoms. The molecule has 5 nitrogen and oxygen atoms in total. The Morgan fingerprint density at radius 2 is 1.63 bits per heavy atom. The molecule has 0 radical (unpaired) electrons. The third kappa shape index (κ3) is 4.95. The van der Waals surface area contributed by atoms with E-state index >= 15 is 0 Å². The van der Waals surface area contributed by atoms with Crippen molar-refractivity contribution in [1.82, 2.24) is 4.90 Å². The predicted molar refractivity (Wildman–Crippen MR) is 152 cm³/mol. The second-order valence-corrected chi connectivity index (χ2v) is 11.3. The number of phenols is 1. The first kappa shape index (κ1) is 24.7. The lowest BCUT2D eigenvalue weighted by molar-refractivity contribution is -0.138. The average Bonchev–Trinajstić information content (AvgIpc) is 3.22. The van der Waals surface area contributed by atoms with Crippen LogP contribution in [0, 0.1) is 5.41 Å². The molecular formula is C33H36N2O3. The van der Waals surface area contributed by atoms with Gasteiger partial charge >= 0.3 is 5.97 Å². The highest BCUT2D eigenvalue weighted by Gasteiger charge is 2.43. The SMILES string of the molecule is O=C(O)CN1CCCC2(CC1)CN(c1ccc(C3=C(c4ccccc4)CCCc4cc(O)ccc43)cc1)C2. The molecule has 1 spiro atoms. The number of aliphatic carboxylic acids is 1. The Kier molecular flexibility index (Phi) is 6.71. The van der Waals surface area contributed by atoms with Crippen molar-refractivity contribution in [3.63, 3.8) is 0 Å². The molecule has 196 valence electrons. The van der Waals surface area contributed by atoms with Gasteiger partial charge in [0.1, 0.15) is 5.75 Å². The molecule has 6 rings (SSSR count). The van der Waals surface area contributed by atoms with Crippen molar-refractivity contribution in [3.8, 4) is 5.75 Å². The van der Waals surface area contributed by atoms with Crippen LogP contribution in [0.15, 0.2) is 72.8 Å². The fourth-order valence-electron chi connectivity index (χ4n) is 6.79. The minimum absolute atomic E-state index is 0.158. The number of carboxylic acid groups (broad SMARTS) is 1. The Labute approximate surface area is 225 Å². The van der Waals surface area contributed by atoms with Crippen LogP contribution >= 0.6 is 0 Å². The fraction of sp³-hybridized carbons (Fsp3) is 0.364. The van der Waals surface area contributed by atoms with Crippen molar-refractivity contribution in [2.45, 2.75) is 38.5 Å². The van der Waals surface area contributed by atoms with Gasteiger partial charge in [-0.15, -0.1) is 0 Å². The molecule has 2 saturated heterocycles. The number of benzene rings is 3. The fourth-order valence-corrected chi connectivity index (χ4v) is 6.79. The van der Waals surface area contributed by atoms with E-state index in [0.29, 0.717) is 11.2 Å². The van der Waals surface area contributed by atoms with Crippen LogP contribution in [0.2, 0.25) is 0 Å². The van der Waals surface area contributed by atoms with Gasteiger partial charge in [-0.05, 0) is 109 Å². The molecule has 3 aromatic carbocycles. The van der Waals surface area contributed by atoms with Crippen LogP contribution < -0.4 is 4.90 Å². The number of aromatic hydroxyl groups is 1. The lowest BCUT2D eigenvalue weighted by Gasteiger charge is -2.51. The number of anilines is 1. The standard InChI is InChI=1S/C33H36N2O3/c36-28-14-15-30-26(20-28)8-4-9-29(24-6-2-1-3-7-24)32(30)25-10-12-27(13-11-25)35-22-33(23-35)16-5-18-34(19-17-33)21-31(37)38/h1-3,6-7,10-15,20,36H,4-5,8-9,16-19,21-23H2,(H,37,38). The lowest BCUT2D eigenvalue weighted by atomic mass is 9.73. The smallest absolute Gasteiger partial charge is 0.317 e. The molecule has 0 saturated carbocycles. The summed E-state index contributed by atoms with van der Waals surface area (Å²) in [5, 5.41) is 19.3. The minimum Gasteiger partial charge on any atom is -0.508 e. The quantitative estimate of drug-likeness (QED) is 0.438. The van der Waals surface area contributed by atoms with Crippen molar-refractivity contribution in [1.29, 1.82) is 0 Å². The summed E-state index contributed by atoms with van der Waals surface area (Å²) in [6, 6.07) is 25.6. The van der Waals surface area contributed by atoms with E-state index < -0.39 is 5.97 Å². The topological polar surface area (TPSA) is 64.0 Å². The largest absolute Gasteiger partial charge is 0.508 e. The van der Waals surface area contributed by atoms with Crippen molar-refractivity contribution in [2.24, 2.45) is 5.41 Å². The number of fused-ring (bicyclic) bond motifs is 1. The monoisotopic (exact) mass is 508 g/mol. The highest BCUT2D eigenvalue weighted by molar-refractivity contribution is 6.00. The Hall–Kier alpha value is -3.57. The summed E-state index contributed by atoms with van der Waals surface area (Å²) in [5.74, 6) is -0.396. The van der Waals surface area contributed by atoms with Crippen LogP contribution in [0.1, 0.15) is 54.4 Å². The maximum absolute atomic E-state index is 11.1. The molecule has 2 fully saturated rings. The van der Waals surface area contributed by atoms with Crippen molar-refractivity contribution in [3.05, 3.63) is 95.1 Å². The summed E-state index contributed by atoms with van der Waals surface area (Å²) in [7, 11) is 0. The lowest BCUT2D eigenvalue weighted by Crippen LogP contribution is -2.56. The molecule has 0 atom stereocenters. The van der Waals surface area contributed by atoms with Crippen LogP contribution in [0.4, 0.5) is 5.69 Å². The van der Waals surface area contributed by atoms with Crippen LogP contribution in [0.3, 0.4) is 0 Å². The number of phenolic OH excluding ortho intramolecular Hbond substituents is 1. The summed E-state index contributed by atoms with van der Waals surface area (Å²) in [5.41, 5.74) is 9.14. The summed E-state index contributed by atoms with van der Waals surface area (Å²) in [6.07, 6.45) is 6.35. The Morgan fingerprint density at radius 1 is 0.842 bits per heavy atom. The Balaban J connectivity index is 1.26. The van der Waals surface area contributed by atoms with Gasteiger partial charge in [0, 0.05) is 24.2 Å². The van der Waals surface area contributed by atoms with Gasteiger partial charge in [0.05, 0.1) is 6.54 Å². The van der Waals surface area contributed by atoms with Crippen molar-refractivity contribution >= 4 is 22.8 Å². The van der Waals surface area contributed by atoms with E-state index in [1.807, 2.05) is 12.1 Å². The molecule has 2 aliphatic heterocycles. The number of carboxylic acids is 1. The first-order valence-electron chi connectivity index (χ1n) is 13.9. The number of likely N-dealkylation sites (tertiary alicyclic amines) is 1. The number of aryl methyl sites for hydroxylation is 1. The molecule has 3 aliphatic rings. The van der Waals surface area contributed by atoms with Crippen molar-refractivity contribution < 1.29 is 15.0 Å². The number of nitrogens with zero attached hydrogens (tertiary/aromatic N) is 2. The molecule has 0 amide bonds. The summed E-state index contributed by atoms with van der Waals surface area (Å²) in [4.78, 5) is 15.7. The van der Waals surface area contributed by atoms with Gasteiger partial charge in [-0.2, -0.15) is 0 Å². The molecule has 3 aromatic rings. The maximum atomic E-state index is 11.1. The molecule has 1 aliphatic carbocycles. The number of carbonyl (C=O) groups is 1. The van der Waals surface area contributed by atoms with Gasteiger partial charge in [-0.1, -0.05) is 48.5 Å². The van der Waals surface area contributed by atoms with Gasteiger partial charge in [0.2, 0.25) is 0 Å². The predicted octanol–water partition coefficient (Wildman–Crippen LogP) is 6.06. The maximum Gasteiger partial charge on any atom is 0.317 e. The Morgan fingerprint density at radius 3 is 2.39 bits per heavy atom. The first-order valence-corrected chi connectivity index (χ1v) is 13.9. The zero-order valence-electron chi connectivity index (χ0n) is 21.9. The van der Waals surface area contributed by atoms with E-state index in [1.54, 1.807) is 0 Å². The van der Waals surface area contributed by atoms with Crippen LogP contribution in [0.25, 0.3) is 11.1 Å². The van der Waals surface area contributed by atoms with Gasteiger partial charge < -0.3 is 15.1 Å². The normalized spacial score (nSPS) is 19.4. The van der Waals surface area contributed by atoms with Gasteiger partial charge in [-0.25, -0.2) is 0 Å². The molecule has 2 heterocycles. The van der Waals surface area contributed by atoms with Crippen LogP contribution in [-0.2, 0) is 11.2 Å². The summed E-state index contributed by atoms with van der Waals surface area (Å²) < 4.78 is 0. The first-order chi connectivity index (χ1) is 18.5. The molecule has 0 bridgehead atoms. The van der Waals surface area contributed by atoms with Gasteiger partial charge in [0.25, 0.3) is 0 Å². The van der Waals surface area contributed by atoms with E-state index in [0.717, 1.165) is 58.3 Å². The molecule has 38 heavy (non-hydrogen) atoms.